The van der Waals surface area contributed by atoms with Crippen LogP contribution in [0.25, 0.3) is 0 Å². The summed E-state index contributed by atoms with van der Waals surface area (Å²) in [6.45, 7) is 1.52. The van der Waals surface area contributed by atoms with Gasteiger partial charge in [0.05, 0.1) is 28.7 Å². The van der Waals surface area contributed by atoms with Crippen molar-refractivity contribution >= 4 is 21.9 Å². The lowest BCUT2D eigenvalue weighted by Gasteiger charge is -2.26. The number of hydrogen-bond acceptors (Lipinski definition) is 5. The molecule has 0 spiro atoms. The minimum Gasteiger partial charge on any atom is -0.269 e. The van der Waals surface area contributed by atoms with Crippen molar-refractivity contribution in [2.75, 3.05) is 6.61 Å². The van der Waals surface area contributed by atoms with Crippen molar-refractivity contribution in [3.05, 3.63) is 101 Å². The van der Waals surface area contributed by atoms with E-state index in [1.54, 1.807) is 36.4 Å². The van der Waals surface area contributed by atoms with Crippen LogP contribution >= 0.6 is 0 Å². The number of carbonyl (C=O) groups excluding carboxylic acids is 2. The minimum absolute atomic E-state index is 0.0268. The Labute approximate surface area is 181 Å². The third-order valence-corrected chi connectivity index (χ3v) is 6.53. The third kappa shape index (κ3) is 4.28. The number of amides is 2. The highest BCUT2D eigenvalue weighted by Crippen LogP contribution is 2.27. The summed E-state index contributed by atoms with van der Waals surface area (Å²) in [5.74, 6) is -0.893. The minimum atomic E-state index is -4.05. The van der Waals surface area contributed by atoms with Gasteiger partial charge in [-0.25, -0.2) is 0 Å². The standard InChI is InChI=1S/C24H21NO5S/c1-17-11-13-20(14-12-17)31(28,29)30-16-19(15-18-7-3-2-4-8-18)25-23(26)21-9-5-6-10-22(21)24(25)27/h2-14,19H,15-16H2,1H3/t19-/m1/s1. The molecule has 3 aromatic carbocycles. The van der Waals surface area contributed by atoms with Gasteiger partial charge in [-0.3, -0.25) is 18.7 Å². The molecule has 0 aromatic heterocycles. The smallest absolute Gasteiger partial charge is 0.269 e. The predicted molar refractivity (Wildman–Crippen MR) is 115 cm³/mol. The fourth-order valence-corrected chi connectivity index (χ4v) is 4.53. The van der Waals surface area contributed by atoms with Crippen LogP contribution in [0.3, 0.4) is 0 Å². The Morgan fingerprint density at radius 2 is 1.35 bits per heavy atom. The lowest BCUT2D eigenvalue weighted by atomic mass is 10.1. The molecule has 6 nitrogen and oxygen atoms in total. The van der Waals surface area contributed by atoms with E-state index in [2.05, 4.69) is 0 Å². The molecule has 0 aliphatic carbocycles. The molecule has 0 saturated carbocycles. The van der Waals surface area contributed by atoms with E-state index in [1.807, 2.05) is 37.3 Å². The summed E-state index contributed by atoms with van der Waals surface area (Å²) in [6, 6.07) is 21.4. The number of fused-ring (bicyclic) bond motifs is 1. The highest BCUT2D eigenvalue weighted by atomic mass is 32.2. The molecule has 0 bridgehead atoms. The molecular weight excluding hydrogens is 414 g/mol. The Balaban J connectivity index is 1.62. The van der Waals surface area contributed by atoms with E-state index in [9.17, 15) is 18.0 Å². The van der Waals surface area contributed by atoms with E-state index in [0.29, 0.717) is 11.1 Å². The number of benzene rings is 3. The summed E-state index contributed by atoms with van der Waals surface area (Å²) in [6.07, 6.45) is 0.274. The second-order valence-corrected chi connectivity index (χ2v) is 9.04. The molecule has 4 rings (SSSR count). The Morgan fingerprint density at radius 3 is 1.94 bits per heavy atom. The first-order valence-electron chi connectivity index (χ1n) is 9.84. The summed E-state index contributed by atoms with van der Waals surface area (Å²) in [5, 5.41) is 0. The zero-order chi connectivity index (χ0) is 22.0. The summed E-state index contributed by atoms with van der Waals surface area (Å²) in [4.78, 5) is 27.1. The summed E-state index contributed by atoms with van der Waals surface area (Å²) < 4.78 is 30.7. The SMILES string of the molecule is Cc1ccc(S(=O)(=O)OC[C@@H](Cc2ccccc2)N2C(=O)c3ccccc3C2=O)cc1. The van der Waals surface area contributed by atoms with Crippen LogP contribution in [0, 0.1) is 6.92 Å². The average molecular weight is 436 g/mol. The Hall–Kier alpha value is -3.29. The second-order valence-electron chi connectivity index (χ2n) is 7.42. The fourth-order valence-electron chi connectivity index (χ4n) is 3.59. The second kappa shape index (κ2) is 8.45. The van der Waals surface area contributed by atoms with Gasteiger partial charge < -0.3 is 0 Å². The van der Waals surface area contributed by atoms with Crippen LogP contribution in [0.5, 0.6) is 0 Å². The van der Waals surface area contributed by atoms with Crippen LogP contribution in [0.1, 0.15) is 31.8 Å². The van der Waals surface area contributed by atoms with E-state index in [4.69, 9.17) is 4.18 Å². The van der Waals surface area contributed by atoms with Crippen molar-refractivity contribution in [3.63, 3.8) is 0 Å². The summed E-state index contributed by atoms with van der Waals surface area (Å²) >= 11 is 0. The van der Waals surface area contributed by atoms with Crippen molar-refractivity contribution in [3.8, 4) is 0 Å². The molecular formula is C24H21NO5S. The Morgan fingerprint density at radius 1 is 0.806 bits per heavy atom. The van der Waals surface area contributed by atoms with Gasteiger partial charge in [0.2, 0.25) is 0 Å². The quantitative estimate of drug-likeness (QED) is 0.418. The number of rotatable bonds is 7. The average Bonchev–Trinajstić information content (AvgIpc) is 3.03. The molecule has 0 saturated heterocycles. The topological polar surface area (TPSA) is 80.8 Å². The van der Waals surface area contributed by atoms with Crippen molar-refractivity contribution < 1.29 is 22.2 Å². The van der Waals surface area contributed by atoms with Gasteiger partial charge in [0.1, 0.15) is 0 Å². The molecule has 0 fully saturated rings. The number of hydrogen-bond donors (Lipinski definition) is 0. The fraction of sp³-hybridized carbons (Fsp3) is 0.167. The molecule has 0 radical (unpaired) electrons. The number of imide groups is 1. The Kier molecular flexibility index (Phi) is 5.71. The maximum absolute atomic E-state index is 13.0. The van der Waals surface area contributed by atoms with Gasteiger partial charge in [-0.15, -0.1) is 0 Å². The monoisotopic (exact) mass is 435 g/mol. The van der Waals surface area contributed by atoms with Crippen molar-refractivity contribution in [1.29, 1.82) is 0 Å². The molecule has 1 heterocycles. The third-order valence-electron chi connectivity index (χ3n) is 5.23. The summed E-state index contributed by atoms with van der Waals surface area (Å²) in [7, 11) is -4.05. The normalized spacial score (nSPS) is 14.5. The molecule has 1 atom stereocenters. The van der Waals surface area contributed by atoms with Gasteiger partial charge in [-0.1, -0.05) is 60.2 Å². The van der Waals surface area contributed by atoms with Gasteiger partial charge in [0.25, 0.3) is 21.9 Å². The molecule has 0 unspecified atom stereocenters. The highest BCUT2D eigenvalue weighted by molar-refractivity contribution is 7.86. The van der Waals surface area contributed by atoms with E-state index in [1.165, 1.54) is 12.1 Å². The predicted octanol–water partition coefficient (Wildman–Crippen LogP) is 3.61. The molecule has 158 valence electrons. The molecule has 1 aliphatic rings. The number of carbonyl (C=O) groups is 2. The largest absolute Gasteiger partial charge is 0.297 e. The van der Waals surface area contributed by atoms with Crippen molar-refractivity contribution in [2.45, 2.75) is 24.3 Å². The van der Waals surface area contributed by atoms with Gasteiger partial charge >= 0.3 is 0 Å². The van der Waals surface area contributed by atoms with Crippen LogP contribution in [-0.4, -0.2) is 37.8 Å². The lowest BCUT2D eigenvalue weighted by molar-refractivity contribution is 0.0533. The molecule has 31 heavy (non-hydrogen) atoms. The van der Waals surface area contributed by atoms with E-state index < -0.39 is 28.0 Å². The summed E-state index contributed by atoms with van der Waals surface area (Å²) in [5.41, 5.74) is 2.41. The van der Waals surface area contributed by atoms with Gasteiger partial charge in [-0.2, -0.15) is 8.42 Å². The first kappa shape index (κ1) is 21.0. The Bertz CT molecular complexity index is 1190. The molecule has 3 aromatic rings. The molecule has 1 aliphatic heterocycles. The van der Waals surface area contributed by atoms with Crippen LogP contribution < -0.4 is 0 Å². The van der Waals surface area contributed by atoms with E-state index in [-0.39, 0.29) is 17.9 Å². The van der Waals surface area contributed by atoms with Gasteiger partial charge in [0.15, 0.2) is 0 Å². The zero-order valence-corrected chi connectivity index (χ0v) is 17.7. The first-order valence-corrected chi connectivity index (χ1v) is 11.2. The lowest BCUT2D eigenvalue weighted by Crippen LogP contribution is -2.44. The van der Waals surface area contributed by atoms with Crippen LogP contribution in [0.15, 0.2) is 83.8 Å². The van der Waals surface area contributed by atoms with Gasteiger partial charge in [-0.05, 0) is 43.2 Å². The van der Waals surface area contributed by atoms with Crippen LogP contribution in [0.2, 0.25) is 0 Å². The first-order chi connectivity index (χ1) is 14.9. The van der Waals surface area contributed by atoms with E-state index in [0.717, 1.165) is 16.0 Å². The highest BCUT2D eigenvalue weighted by Gasteiger charge is 2.40. The number of nitrogens with zero attached hydrogens (tertiary/aromatic N) is 1. The number of aryl methyl sites for hydroxylation is 1. The van der Waals surface area contributed by atoms with Crippen molar-refractivity contribution in [2.24, 2.45) is 0 Å². The zero-order valence-electron chi connectivity index (χ0n) is 16.9. The maximum atomic E-state index is 13.0. The van der Waals surface area contributed by atoms with Crippen molar-refractivity contribution in [1.82, 2.24) is 4.90 Å². The van der Waals surface area contributed by atoms with Crippen LogP contribution in [-0.2, 0) is 20.7 Å². The molecule has 2 amide bonds. The molecule has 0 N–H and O–H groups in total. The molecule has 7 heteroatoms. The van der Waals surface area contributed by atoms with Crippen LogP contribution in [0.4, 0.5) is 0 Å². The maximum Gasteiger partial charge on any atom is 0.297 e. The van der Waals surface area contributed by atoms with E-state index >= 15 is 0 Å². The van der Waals surface area contributed by atoms with Gasteiger partial charge in [0, 0.05) is 0 Å².